The van der Waals surface area contributed by atoms with Crippen LogP contribution < -0.4 is 14.8 Å². The van der Waals surface area contributed by atoms with E-state index in [1.165, 1.54) is 0 Å². The molecule has 0 saturated carbocycles. The summed E-state index contributed by atoms with van der Waals surface area (Å²) in [6.45, 7) is 0.298. The summed E-state index contributed by atoms with van der Waals surface area (Å²) in [7, 11) is 1.58. The minimum Gasteiger partial charge on any atom is -0.497 e. The fraction of sp³-hybridized carbons (Fsp3) is 0.176. The van der Waals surface area contributed by atoms with E-state index < -0.39 is 11.1 Å². The van der Waals surface area contributed by atoms with Crippen LogP contribution in [0.4, 0.5) is 18.3 Å². The first kappa shape index (κ1) is 18.0. The Morgan fingerprint density at radius 2 is 1.81 bits per heavy atom. The molecule has 0 radical (unpaired) electrons. The Kier molecular flexibility index (Phi) is 5.27. The smallest absolute Gasteiger partial charge is 0.427 e. The largest absolute Gasteiger partial charge is 0.497 e. The molecule has 1 aromatic carbocycles. The Morgan fingerprint density at radius 3 is 2.46 bits per heavy atom. The molecule has 5 nitrogen and oxygen atoms in total. The number of ether oxygens (including phenoxy) is 2. The minimum atomic E-state index is -4.38. The predicted molar refractivity (Wildman–Crippen MR) is 91.7 cm³/mol. The number of hydrogen-bond donors (Lipinski definition) is 1. The molecule has 9 heteroatoms. The number of nitrogens with zero attached hydrogens (tertiary/aromatic N) is 2. The van der Waals surface area contributed by atoms with Gasteiger partial charge in [0.05, 0.1) is 13.3 Å². The van der Waals surface area contributed by atoms with Crippen molar-refractivity contribution in [2.75, 3.05) is 12.4 Å². The molecule has 2 aromatic heterocycles. The van der Waals surface area contributed by atoms with Gasteiger partial charge in [-0.2, -0.15) is 13.2 Å². The van der Waals surface area contributed by atoms with Crippen molar-refractivity contribution in [1.29, 1.82) is 0 Å². The Bertz CT molecular complexity index is 866. The molecule has 0 aliphatic heterocycles. The highest BCUT2D eigenvalue weighted by Crippen LogP contribution is 2.35. The zero-order valence-electron chi connectivity index (χ0n) is 13.6. The molecule has 0 bridgehead atoms. The molecule has 0 aliphatic carbocycles. The highest BCUT2D eigenvalue weighted by atomic mass is 32.1. The zero-order chi connectivity index (χ0) is 18.6. The van der Waals surface area contributed by atoms with Crippen LogP contribution >= 0.6 is 11.3 Å². The number of anilines is 1. The SMILES string of the molecule is COc1ccc(Oc2cc(CNc3ncc(C(F)(F)F)s3)ccn2)cc1. The van der Waals surface area contributed by atoms with Crippen molar-refractivity contribution in [2.45, 2.75) is 12.7 Å². The van der Waals surface area contributed by atoms with Gasteiger partial charge in [0.15, 0.2) is 5.13 Å². The van der Waals surface area contributed by atoms with E-state index in [2.05, 4.69) is 15.3 Å². The Hall–Kier alpha value is -2.81. The van der Waals surface area contributed by atoms with Gasteiger partial charge >= 0.3 is 6.18 Å². The van der Waals surface area contributed by atoms with Crippen LogP contribution in [0.2, 0.25) is 0 Å². The van der Waals surface area contributed by atoms with Crippen molar-refractivity contribution in [1.82, 2.24) is 9.97 Å². The average molecular weight is 381 g/mol. The average Bonchev–Trinajstić information content (AvgIpc) is 3.10. The normalized spacial score (nSPS) is 11.2. The van der Waals surface area contributed by atoms with Gasteiger partial charge in [0.2, 0.25) is 5.88 Å². The van der Waals surface area contributed by atoms with Crippen LogP contribution in [0.25, 0.3) is 0 Å². The molecule has 0 unspecified atom stereocenters. The second-order valence-electron chi connectivity index (χ2n) is 5.16. The van der Waals surface area contributed by atoms with Crippen LogP contribution in [0, 0.1) is 0 Å². The predicted octanol–water partition coefficient (Wildman–Crippen LogP) is 4.97. The van der Waals surface area contributed by atoms with Gasteiger partial charge in [-0.05, 0) is 35.9 Å². The molecule has 26 heavy (non-hydrogen) atoms. The molecule has 1 N–H and O–H groups in total. The van der Waals surface area contributed by atoms with Gasteiger partial charge in [-0.3, -0.25) is 0 Å². The highest BCUT2D eigenvalue weighted by molar-refractivity contribution is 7.15. The first-order valence-corrected chi connectivity index (χ1v) is 8.29. The van der Waals surface area contributed by atoms with E-state index >= 15 is 0 Å². The molecule has 2 heterocycles. The lowest BCUT2D eigenvalue weighted by Crippen LogP contribution is -2.01. The summed E-state index contributed by atoms with van der Waals surface area (Å²) in [5.41, 5.74) is 0.798. The lowest BCUT2D eigenvalue weighted by atomic mass is 10.2. The first-order valence-electron chi connectivity index (χ1n) is 7.48. The van der Waals surface area contributed by atoms with Gasteiger partial charge in [-0.15, -0.1) is 0 Å². The lowest BCUT2D eigenvalue weighted by molar-refractivity contribution is -0.134. The molecule has 136 valence electrons. The number of aromatic nitrogens is 2. The second-order valence-corrected chi connectivity index (χ2v) is 6.19. The number of methoxy groups -OCH3 is 1. The van der Waals surface area contributed by atoms with Gasteiger partial charge in [-0.1, -0.05) is 11.3 Å². The molecule has 0 saturated heterocycles. The highest BCUT2D eigenvalue weighted by Gasteiger charge is 2.33. The standard InChI is InChI=1S/C17H14F3N3O2S/c1-24-12-2-4-13(5-3-12)25-15-8-11(6-7-21-15)9-22-16-23-10-14(26-16)17(18,19)20/h2-8,10H,9H2,1H3,(H,22,23). The number of hydrogen-bond acceptors (Lipinski definition) is 6. The number of rotatable bonds is 6. The fourth-order valence-electron chi connectivity index (χ4n) is 2.05. The van der Waals surface area contributed by atoms with Crippen molar-refractivity contribution < 1.29 is 22.6 Å². The summed E-state index contributed by atoms with van der Waals surface area (Å²) in [6.07, 6.45) is -2.00. The van der Waals surface area contributed by atoms with E-state index in [0.29, 0.717) is 35.3 Å². The molecule has 0 fully saturated rings. The van der Waals surface area contributed by atoms with Gasteiger partial charge in [0, 0.05) is 18.8 Å². The molecular weight excluding hydrogens is 367 g/mol. The van der Waals surface area contributed by atoms with Gasteiger partial charge in [0.25, 0.3) is 0 Å². The van der Waals surface area contributed by atoms with Crippen molar-refractivity contribution in [3.63, 3.8) is 0 Å². The van der Waals surface area contributed by atoms with Crippen LogP contribution in [0.15, 0.2) is 48.8 Å². The van der Waals surface area contributed by atoms with E-state index in [1.807, 2.05) is 0 Å². The maximum absolute atomic E-state index is 12.6. The van der Waals surface area contributed by atoms with Gasteiger partial charge in [0.1, 0.15) is 16.4 Å². The summed E-state index contributed by atoms with van der Waals surface area (Å²) in [6, 6.07) is 10.5. The monoisotopic (exact) mass is 381 g/mol. The third kappa shape index (κ3) is 4.63. The molecule has 3 aromatic rings. The lowest BCUT2D eigenvalue weighted by Gasteiger charge is -2.08. The minimum absolute atomic E-state index is 0.201. The number of pyridine rings is 1. The molecule has 0 amide bonds. The van der Waals surface area contributed by atoms with Crippen LogP contribution in [0.3, 0.4) is 0 Å². The summed E-state index contributed by atoms with van der Waals surface area (Å²) < 4.78 is 48.5. The van der Waals surface area contributed by atoms with Crippen molar-refractivity contribution in [3.05, 3.63) is 59.2 Å². The maximum atomic E-state index is 12.6. The second kappa shape index (κ2) is 7.61. The van der Waals surface area contributed by atoms with Crippen molar-refractivity contribution in [2.24, 2.45) is 0 Å². The van der Waals surface area contributed by atoms with Crippen molar-refractivity contribution >= 4 is 16.5 Å². The Labute approximate surface area is 151 Å². The summed E-state index contributed by atoms with van der Waals surface area (Å²) in [4.78, 5) is 7.12. The van der Waals surface area contributed by atoms with Crippen molar-refractivity contribution in [3.8, 4) is 17.4 Å². The topological polar surface area (TPSA) is 56.3 Å². The van der Waals surface area contributed by atoms with Gasteiger partial charge in [-0.25, -0.2) is 9.97 Å². The molecule has 0 aliphatic rings. The zero-order valence-corrected chi connectivity index (χ0v) is 14.4. The molecular formula is C17H14F3N3O2S. The van der Waals surface area contributed by atoms with E-state index in [4.69, 9.17) is 9.47 Å². The number of nitrogens with one attached hydrogen (secondary N) is 1. The number of alkyl halides is 3. The summed E-state index contributed by atoms with van der Waals surface area (Å²) >= 11 is 0.563. The fourth-order valence-corrected chi connectivity index (χ4v) is 2.72. The van der Waals surface area contributed by atoms with E-state index in [1.54, 1.807) is 49.7 Å². The van der Waals surface area contributed by atoms with Crippen LogP contribution in [0.5, 0.6) is 17.4 Å². The first-order chi connectivity index (χ1) is 12.4. The maximum Gasteiger partial charge on any atom is 0.427 e. The third-order valence-electron chi connectivity index (χ3n) is 3.31. The number of thiazole rings is 1. The van der Waals surface area contributed by atoms with Crippen LogP contribution in [-0.4, -0.2) is 17.1 Å². The van der Waals surface area contributed by atoms with E-state index in [9.17, 15) is 13.2 Å². The quantitative estimate of drug-likeness (QED) is 0.653. The Balaban J connectivity index is 1.62. The van der Waals surface area contributed by atoms with Crippen LogP contribution in [-0.2, 0) is 12.7 Å². The number of halogens is 3. The molecule has 3 rings (SSSR count). The molecule has 0 atom stereocenters. The summed E-state index contributed by atoms with van der Waals surface area (Å²) in [5.74, 6) is 1.69. The number of benzene rings is 1. The third-order valence-corrected chi connectivity index (χ3v) is 4.31. The Morgan fingerprint density at radius 1 is 1.08 bits per heavy atom. The molecule has 0 spiro atoms. The summed E-state index contributed by atoms with van der Waals surface area (Å²) in [5, 5.41) is 3.07. The van der Waals surface area contributed by atoms with E-state index in [0.717, 1.165) is 11.8 Å². The van der Waals surface area contributed by atoms with Gasteiger partial charge < -0.3 is 14.8 Å². The van der Waals surface area contributed by atoms with E-state index in [-0.39, 0.29) is 5.13 Å². The van der Waals surface area contributed by atoms with Crippen LogP contribution in [0.1, 0.15) is 10.4 Å².